The summed E-state index contributed by atoms with van der Waals surface area (Å²) in [5.74, 6) is -6.98. The number of hydrogen-bond acceptors (Lipinski definition) is 8. The van der Waals surface area contributed by atoms with Crippen molar-refractivity contribution in [1.29, 1.82) is 0 Å². The van der Waals surface area contributed by atoms with E-state index in [0.717, 1.165) is 12.4 Å². The molecule has 4 rings (SSSR count). The first-order chi connectivity index (χ1) is 17.8. The van der Waals surface area contributed by atoms with Crippen LogP contribution in [0.25, 0.3) is 10.4 Å². The number of halogens is 6. The van der Waals surface area contributed by atoms with Crippen LogP contribution in [0.3, 0.4) is 0 Å². The van der Waals surface area contributed by atoms with Crippen LogP contribution in [0.15, 0.2) is 17.5 Å². The quantitative estimate of drug-likeness (QED) is 0.230. The number of nitrogens with zero attached hydrogens (tertiary/aromatic N) is 9. The van der Waals surface area contributed by atoms with Gasteiger partial charge in [0, 0.05) is 56.8 Å². The van der Waals surface area contributed by atoms with E-state index in [0.29, 0.717) is 0 Å². The average Bonchev–Trinajstić information content (AvgIpc) is 2.85. The molecule has 0 aliphatic carbocycles. The predicted molar refractivity (Wildman–Crippen MR) is 127 cm³/mol. The zero-order valence-corrected chi connectivity index (χ0v) is 20.9. The standard InChI is InChI=1S/C10H9ClF2N6O.C10H10ClF2N3O2/c11-7-8(19-3-1-10(12,13)2-4-19)15-5-6(16-7)9(20)17-18-14;11-7-8(14-5-6(15-7)9(17)18)16-3-1-10(12,13)2-4-16/h5H,1-4H2;5H,1-4H2,(H,17,18). The van der Waals surface area contributed by atoms with Crippen LogP contribution in [0, 0.1) is 0 Å². The van der Waals surface area contributed by atoms with Crippen LogP contribution in [-0.4, -0.2) is 74.9 Å². The predicted octanol–water partition coefficient (Wildman–Crippen LogP) is 4.88. The van der Waals surface area contributed by atoms with Crippen molar-refractivity contribution < 1.29 is 32.3 Å². The number of anilines is 2. The number of carboxylic acids is 1. The lowest BCUT2D eigenvalue weighted by molar-refractivity contribution is -0.0227. The minimum atomic E-state index is -2.67. The van der Waals surface area contributed by atoms with Crippen LogP contribution in [0.1, 0.15) is 46.7 Å². The normalized spacial score (nSPS) is 18.1. The number of carbonyl (C=O) groups is 2. The lowest BCUT2D eigenvalue weighted by atomic mass is 10.1. The maximum atomic E-state index is 13.1. The molecule has 18 heteroatoms. The monoisotopic (exact) mass is 579 g/mol. The van der Waals surface area contributed by atoms with Crippen LogP contribution >= 0.6 is 23.2 Å². The number of carbonyl (C=O) groups excluding carboxylic acids is 1. The van der Waals surface area contributed by atoms with Gasteiger partial charge in [-0.2, -0.15) is 0 Å². The summed E-state index contributed by atoms with van der Waals surface area (Å²) in [5, 5.41) is 11.4. The highest BCUT2D eigenvalue weighted by molar-refractivity contribution is 6.32. The minimum absolute atomic E-state index is 0.0832. The van der Waals surface area contributed by atoms with Gasteiger partial charge in [-0.25, -0.2) is 42.3 Å². The van der Waals surface area contributed by atoms with Gasteiger partial charge in [-0.3, -0.25) is 4.79 Å². The second kappa shape index (κ2) is 11.9. The van der Waals surface area contributed by atoms with E-state index in [9.17, 15) is 27.2 Å². The fraction of sp³-hybridized carbons (Fsp3) is 0.500. The summed E-state index contributed by atoms with van der Waals surface area (Å²) in [5.41, 5.74) is 7.68. The molecule has 0 saturated carbocycles. The van der Waals surface area contributed by atoms with Gasteiger partial charge < -0.3 is 14.9 Å². The van der Waals surface area contributed by atoms with Crippen LogP contribution < -0.4 is 9.80 Å². The molecule has 0 spiro atoms. The van der Waals surface area contributed by atoms with E-state index in [2.05, 4.69) is 30.0 Å². The van der Waals surface area contributed by atoms with E-state index in [4.69, 9.17) is 33.8 Å². The Morgan fingerprint density at radius 1 is 0.868 bits per heavy atom. The topological polar surface area (TPSA) is 161 Å². The fourth-order valence-corrected chi connectivity index (χ4v) is 4.05. The molecule has 2 aromatic heterocycles. The van der Waals surface area contributed by atoms with Gasteiger partial charge in [0.2, 0.25) is 0 Å². The molecule has 38 heavy (non-hydrogen) atoms. The maximum Gasteiger partial charge on any atom is 0.356 e. The number of rotatable bonds is 4. The third kappa shape index (κ3) is 7.52. The number of piperidine rings is 2. The molecule has 0 atom stereocenters. The summed E-state index contributed by atoms with van der Waals surface area (Å²) in [6.45, 7) is 0.442. The summed E-state index contributed by atoms with van der Waals surface area (Å²) < 4.78 is 52.1. The fourth-order valence-electron chi connectivity index (χ4n) is 3.53. The van der Waals surface area contributed by atoms with E-state index < -0.39 is 23.7 Å². The van der Waals surface area contributed by atoms with E-state index in [-0.39, 0.29) is 85.2 Å². The molecule has 12 nitrogen and oxygen atoms in total. The third-order valence-electron chi connectivity index (χ3n) is 5.59. The Kier molecular flexibility index (Phi) is 9.12. The Morgan fingerprint density at radius 3 is 1.63 bits per heavy atom. The zero-order chi connectivity index (χ0) is 28.1. The molecule has 0 bridgehead atoms. The van der Waals surface area contributed by atoms with Gasteiger partial charge in [0.25, 0.3) is 17.8 Å². The highest BCUT2D eigenvalue weighted by Gasteiger charge is 2.36. The number of azide groups is 1. The smallest absolute Gasteiger partial charge is 0.356 e. The maximum absolute atomic E-state index is 13.1. The van der Waals surface area contributed by atoms with Crippen LogP contribution in [-0.2, 0) is 0 Å². The van der Waals surface area contributed by atoms with E-state index >= 15 is 0 Å². The number of aromatic nitrogens is 4. The van der Waals surface area contributed by atoms with E-state index in [1.807, 2.05) is 0 Å². The van der Waals surface area contributed by atoms with Gasteiger partial charge in [0.1, 0.15) is 5.69 Å². The van der Waals surface area contributed by atoms with Crippen molar-refractivity contribution in [1.82, 2.24) is 19.9 Å². The first-order valence-electron chi connectivity index (χ1n) is 11.0. The van der Waals surface area contributed by atoms with Gasteiger partial charge in [-0.15, -0.1) is 0 Å². The van der Waals surface area contributed by atoms with Crippen molar-refractivity contribution >= 4 is 46.7 Å². The Hall–Kier alpha value is -3.49. The largest absolute Gasteiger partial charge is 0.476 e. The average molecular weight is 580 g/mol. The second-order valence-corrected chi connectivity index (χ2v) is 8.94. The first-order valence-corrected chi connectivity index (χ1v) is 11.7. The molecule has 0 unspecified atom stereocenters. The first kappa shape index (κ1) is 29.1. The number of amides is 1. The molecule has 2 fully saturated rings. The number of carboxylic acid groups (broad SMARTS) is 1. The molecule has 0 radical (unpaired) electrons. The molecule has 2 aliphatic heterocycles. The SMILES string of the molecule is O=C(O)c1cnc(N2CCC(F)(F)CC2)c(Cl)n1.[N-]=[N+]=NC(=O)c1cnc(N2CCC(F)(F)CC2)c(Cl)n1. The van der Waals surface area contributed by atoms with Crippen molar-refractivity contribution in [2.45, 2.75) is 37.5 Å². The van der Waals surface area contributed by atoms with Gasteiger partial charge in [0.05, 0.1) is 12.4 Å². The van der Waals surface area contributed by atoms with E-state index in [1.54, 1.807) is 9.80 Å². The molecule has 1 amide bonds. The van der Waals surface area contributed by atoms with Crippen LogP contribution in [0.5, 0.6) is 0 Å². The van der Waals surface area contributed by atoms with Gasteiger partial charge in [-0.1, -0.05) is 23.2 Å². The van der Waals surface area contributed by atoms with Crippen molar-refractivity contribution in [2.24, 2.45) is 5.11 Å². The third-order valence-corrected chi connectivity index (χ3v) is 6.09. The minimum Gasteiger partial charge on any atom is -0.476 e. The van der Waals surface area contributed by atoms with Crippen molar-refractivity contribution in [3.8, 4) is 0 Å². The summed E-state index contributed by atoms with van der Waals surface area (Å²) in [4.78, 5) is 42.7. The summed E-state index contributed by atoms with van der Waals surface area (Å²) in [7, 11) is 0. The lowest BCUT2D eigenvalue weighted by Gasteiger charge is -2.32. The summed E-state index contributed by atoms with van der Waals surface area (Å²) in [6.07, 6.45) is 1.05. The van der Waals surface area contributed by atoms with Crippen molar-refractivity contribution in [3.05, 3.63) is 44.5 Å². The number of aromatic carboxylic acids is 1. The molecule has 0 aromatic carbocycles. The van der Waals surface area contributed by atoms with Crippen LogP contribution in [0.4, 0.5) is 29.2 Å². The Bertz CT molecular complexity index is 1240. The number of alkyl halides is 4. The molecule has 4 heterocycles. The Balaban J connectivity index is 0.000000212. The van der Waals surface area contributed by atoms with Crippen molar-refractivity contribution in [2.75, 3.05) is 36.0 Å². The molecule has 2 aliphatic rings. The van der Waals surface area contributed by atoms with Gasteiger partial charge in [-0.05, 0) is 10.6 Å². The zero-order valence-electron chi connectivity index (χ0n) is 19.4. The molecular weight excluding hydrogens is 561 g/mol. The summed E-state index contributed by atoms with van der Waals surface area (Å²) in [6, 6.07) is 0. The highest BCUT2D eigenvalue weighted by Crippen LogP contribution is 2.33. The molecule has 2 saturated heterocycles. The van der Waals surface area contributed by atoms with Gasteiger partial charge >= 0.3 is 5.97 Å². The van der Waals surface area contributed by atoms with Crippen molar-refractivity contribution in [3.63, 3.8) is 0 Å². The van der Waals surface area contributed by atoms with Crippen LogP contribution in [0.2, 0.25) is 10.3 Å². The number of hydrogen-bond donors (Lipinski definition) is 1. The highest BCUT2D eigenvalue weighted by atomic mass is 35.5. The lowest BCUT2D eigenvalue weighted by Crippen LogP contribution is -2.40. The van der Waals surface area contributed by atoms with E-state index in [1.165, 1.54) is 0 Å². The Labute approximate surface area is 222 Å². The molecular formula is C20H19Cl2F4N9O3. The Morgan fingerprint density at radius 2 is 1.26 bits per heavy atom. The summed E-state index contributed by atoms with van der Waals surface area (Å²) >= 11 is 11.7. The molecule has 204 valence electrons. The second-order valence-electron chi connectivity index (χ2n) is 8.23. The molecule has 2 aromatic rings. The molecule has 1 N–H and O–H groups in total. The van der Waals surface area contributed by atoms with Gasteiger partial charge in [0.15, 0.2) is 27.6 Å².